The van der Waals surface area contributed by atoms with Crippen molar-refractivity contribution in [3.63, 3.8) is 0 Å². The molecule has 9 heteroatoms. The van der Waals surface area contributed by atoms with Crippen molar-refractivity contribution in [1.29, 1.82) is 0 Å². The maximum Gasteiger partial charge on any atom is 0.270 e. The molecule has 0 bridgehead atoms. The van der Waals surface area contributed by atoms with Crippen molar-refractivity contribution < 1.29 is 4.74 Å². The first-order valence-electron chi connectivity index (χ1n) is 10.0. The fourth-order valence-corrected chi connectivity index (χ4v) is 3.77. The summed E-state index contributed by atoms with van der Waals surface area (Å²) in [4.78, 5) is 33.8. The Morgan fingerprint density at radius 3 is 2.63 bits per heavy atom. The predicted molar refractivity (Wildman–Crippen MR) is 115 cm³/mol. The van der Waals surface area contributed by atoms with Crippen LogP contribution in [0.1, 0.15) is 5.56 Å². The smallest absolute Gasteiger partial charge is 0.270 e. The second-order valence-corrected chi connectivity index (χ2v) is 7.49. The van der Waals surface area contributed by atoms with Gasteiger partial charge >= 0.3 is 0 Å². The van der Waals surface area contributed by atoms with Gasteiger partial charge in [-0.3, -0.25) is 19.1 Å². The predicted octanol–water partition coefficient (Wildman–Crippen LogP) is 0.459. The summed E-state index contributed by atoms with van der Waals surface area (Å²) in [5, 5.41) is 4.59. The van der Waals surface area contributed by atoms with E-state index in [4.69, 9.17) is 4.74 Å². The van der Waals surface area contributed by atoms with Gasteiger partial charge in [-0.2, -0.15) is 5.10 Å². The Morgan fingerprint density at radius 2 is 1.87 bits per heavy atom. The first-order chi connectivity index (χ1) is 14.6. The Labute approximate surface area is 174 Å². The van der Waals surface area contributed by atoms with Crippen LogP contribution in [0, 0.1) is 0 Å². The van der Waals surface area contributed by atoms with Gasteiger partial charge in [0.15, 0.2) is 0 Å². The van der Waals surface area contributed by atoms with E-state index in [9.17, 15) is 9.59 Å². The minimum absolute atomic E-state index is 0.0447. The average molecular weight is 410 g/mol. The topological polar surface area (TPSA) is 85.5 Å². The van der Waals surface area contributed by atoms with Crippen LogP contribution in [0.25, 0.3) is 10.9 Å². The highest BCUT2D eigenvalue weighted by Crippen LogP contribution is 2.20. The van der Waals surface area contributed by atoms with E-state index in [2.05, 4.69) is 19.9 Å². The van der Waals surface area contributed by atoms with Crippen molar-refractivity contribution in [3.8, 4) is 0 Å². The second-order valence-electron chi connectivity index (χ2n) is 7.49. The molecule has 0 unspecified atom stereocenters. The number of methoxy groups -OCH3 is 1. The van der Waals surface area contributed by atoms with Crippen molar-refractivity contribution >= 4 is 16.6 Å². The summed E-state index contributed by atoms with van der Waals surface area (Å²) < 4.78 is 8.00. The maximum absolute atomic E-state index is 12.6. The number of fused-ring (bicyclic) bond motifs is 1. The molecule has 1 aliphatic heterocycles. The van der Waals surface area contributed by atoms with Crippen LogP contribution < -0.4 is 16.0 Å². The summed E-state index contributed by atoms with van der Waals surface area (Å²) in [5.41, 5.74) is 2.43. The lowest BCUT2D eigenvalue weighted by Crippen LogP contribution is -2.46. The number of anilines is 1. The molecule has 1 aromatic carbocycles. The van der Waals surface area contributed by atoms with Crippen LogP contribution in [0.15, 0.2) is 46.4 Å². The van der Waals surface area contributed by atoms with Crippen molar-refractivity contribution in [2.75, 3.05) is 44.8 Å². The molecule has 2 aromatic heterocycles. The molecular weight excluding hydrogens is 384 g/mol. The Morgan fingerprint density at radius 1 is 1.07 bits per heavy atom. The van der Waals surface area contributed by atoms with Gasteiger partial charge in [-0.25, -0.2) is 9.67 Å². The number of aryl methyl sites for hydroxylation is 1. The largest absolute Gasteiger partial charge is 0.383 e. The number of nitrogens with zero attached hydrogens (tertiary/aromatic N) is 6. The van der Waals surface area contributed by atoms with Gasteiger partial charge in [-0.05, 0) is 24.3 Å². The number of hydrogen-bond donors (Lipinski definition) is 0. The molecule has 0 amide bonds. The molecule has 0 N–H and O–H groups in total. The lowest BCUT2D eigenvalue weighted by molar-refractivity contribution is 0.186. The molecule has 0 spiro atoms. The maximum atomic E-state index is 12.6. The summed E-state index contributed by atoms with van der Waals surface area (Å²) in [6, 6.07) is 7.62. The molecular formula is C21H26N6O3. The summed E-state index contributed by atoms with van der Waals surface area (Å²) in [5.74, 6) is 0. The van der Waals surface area contributed by atoms with E-state index in [0.29, 0.717) is 30.6 Å². The minimum Gasteiger partial charge on any atom is -0.383 e. The third-order valence-electron chi connectivity index (χ3n) is 5.56. The molecule has 9 nitrogen and oxygen atoms in total. The molecule has 1 fully saturated rings. The molecule has 4 rings (SSSR count). The Balaban J connectivity index is 1.45. The van der Waals surface area contributed by atoms with E-state index in [0.717, 1.165) is 37.4 Å². The zero-order valence-electron chi connectivity index (χ0n) is 17.3. The fraction of sp³-hybridized carbons (Fsp3) is 0.429. The highest BCUT2D eigenvalue weighted by atomic mass is 16.5. The normalized spacial score (nSPS) is 15.1. The lowest BCUT2D eigenvalue weighted by Gasteiger charge is -2.36. The zero-order valence-corrected chi connectivity index (χ0v) is 17.3. The third kappa shape index (κ3) is 4.12. The van der Waals surface area contributed by atoms with Crippen LogP contribution in [0.4, 0.5) is 5.69 Å². The van der Waals surface area contributed by atoms with E-state index in [-0.39, 0.29) is 11.1 Å². The van der Waals surface area contributed by atoms with Crippen LogP contribution in [-0.2, 0) is 24.9 Å². The number of aromatic nitrogens is 4. The van der Waals surface area contributed by atoms with Crippen LogP contribution in [0.3, 0.4) is 0 Å². The first kappa shape index (κ1) is 20.2. The highest BCUT2D eigenvalue weighted by Gasteiger charge is 2.19. The Hall–Kier alpha value is -3.04. The molecule has 0 aliphatic carbocycles. The van der Waals surface area contributed by atoms with Crippen molar-refractivity contribution in [3.05, 3.63) is 63.1 Å². The molecule has 0 radical (unpaired) electrons. The van der Waals surface area contributed by atoms with Gasteiger partial charge in [0.25, 0.3) is 11.1 Å². The summed E-state index contributed by atoms with van der Waals surface area (Å²) in [6.45, 7) is 5.00. The molecule has 158 valence electrons. The van der Waals surface area contributed by atoms with Crippen LogP contribution in [0.5, 0.6) is 0 Å². The van der Waals surface area contributed by atoms with E-state index >= 15 is 0 Å². The summed E-state index contributed by atoms with van der Waals surface area (Å²) >= 11 is 0. The Kier molecular flexibility index (Phi) is 5.91. The van der Waals surface area contributed by atoms with Gasteiger partial charge in [0.1, 0.15) is 0 Å². The second kappa shape index (κ2) is 8.76. The van der Waals surface area contributed by atoms with E-state index in [1.165, 1.54) is 4.68 Å². The SMILES string of the molecule is COCCn1cnc2cc(N3CCN(Cc4ccnn(C)c4=O)CC3)ccc2c1=O. The van der Waals surface area contributed by atoms with Crippen molar-refractivity contribution in [1.82, 2.24) is 24.2 Å². The van der Waals surface area contributed by atoms with Crippen LogP contribution in [0.2, 0.25) is 0 Å². The van der Waals surface area contributed by atoms with Gasteiger partial charge in [-0.1, -0.05) is 0 Å². The third-order valence-corrected chi connectivity index (χ3v) is 5.56. The number of ether oxygens (including phenoxy) is 1. The highest BCUT2D eigenvalue weighted by molar-refractivity contribution is 5.81. The molecule has 1 aliphatic rings. The number of benzene rings is 1. The number of hydrogen-bond acceptors (Lipinski definition) is 7. The monoisotopic (exact) mass is 410 g/mol. The lowest BCUT2D eigenvalue weighted by atomic mass is 10.2. The average Bonchev–Trinajstić information content (AvgIpc) is 2.77. The molecule has 0 saturated carbocycles. The zero-order chi connectivity index (χ0) is 21.1. The fourth-order valence-electron chi connectivity index (χ4n) is 3.77. The summed E-state index contributed by atoms with van der Waals surface area (Å²) in [7, 11) is 3.28. The quantitative estimate of drug-likeness (QED) is 0.584. The molecule has 3 heterocycles. The van der Waals surface area contributed by atoms with Crippen molar-refractivity contribution in [2.24, 2.45) is 7.05 Å². The molecule has 3 aromatic rings. The van der Waals surface area contributed by atoms with Crippen molar-refractivity contribution in [2.45, 2.75) is 13.1 Å². The molecule has 30 heavy (non-hydrogen) atoms. The van der Waals surface area contributed by atoms with E-state index in [1.54, 1.807) is 37.3 Å². The summed E-state index contributed by atoms with van der Waals surface area (Å²) in [6.07, 6.45) is 3.25. The van der Waals surface area contributed by atoms with E-state index in [1.807, 2.05) is 18.2 Å². The van der Waals surface area contributed by atoms with Crippen LogP contribution >= 0.6 is 0 Å². The van der Waals surface area contributed by atoms with Gasteiger partial charge < -0.3 is 9.64 Å². The van der Waals surface area contributed by atoms with Crippen LogP contribution in [-0.4, -0.2) is 64.1 Å². The Bertz CT molecular complexity index is 1150. The van der Waals surface area contributed by atoms with Gasteiger partial charge in [-0.15, -0.1) is 0 Å². The standard InChI is InChI=1S/C21H26N6O3/c1-24-20(28)16(5-6-23-24)14-25-7-9-26(10-8-25)17-3-4-18-19(13-17)22-15-27(21(18)29)11-12-30-2/h3-6,13,15H,7-12,14H2,1-2H3. The molecule has 1 saturated heterocycles. The first-order valence-corrected chi connectivity index (χ1v) is 10.0. The van der Waals surface area contributed by atoms with E-state index < -0.39 is 0 Å². The minimum atomic E-state index is -0.0487. The van der Waals surface area contributed by atoms with Gasteiger partial charge in [0, 0.05) is 64.3 Å². The number of piperazine rings is 1. The van der Waals surface area contributed by atoms with Gasteiger partial charge in [0.05, 0.1) is 30.4 Å². The molecule has 0 atom stereocenters. The van der Waals surface area contributed by atoms with Gasteiger partial charge in [0.2, 0.25) is 0 Å². The number of rotatable bonds is 6.